The second-order valence-corrected chi connectivity index (χ2v) is 6.01. The molecule has 1 aliphatic carbocycles. The van der Waals surface area contributed by atoms with E-state index in [-0.39, 0.29) is 0 Å². The Morgan fingerprint density at radius 2 is 2.11 bits per heavy atom. The van der Waals surface area contributed by atoms with E-state index < -0.39 is 5.60 Å². The van der Waals surface area contributed by atoms with Gasteiger partial charge in [0.15, 0.2) is 0 Å². The Labute approximate surface area is 117 Å². The van der Waals surface area contributed by atoms with Crippen LogP contribution in [0.2, 0.25) is 0 Å². The molecular weight excluding hydrogens is 294 g/mol. The molecule has 1 aromatic rings. The van der Waals surface area contributed by atoms with Gasteiger partial charge in [0, 0.05) is 20.1 Å². The van der Waals surface area contributed by atoms with E-state index in [0.29, 0.717) is 6.54 Å². The van der Waals surface area contributed by atoms with E-state index in [4.69, 9.17) is 0 Å². The maximum Gasteiger partial charge on any atom is 0.0771 e. The first kappa shape index (κ1) is 14.0. The molecular formula is C13H22BrN3O. The maximum absolute atomic E-state index is 10.3. The summed E-state index contributed by atoms with van der Waals surface area (Å²) >= 11 is 3.60. The largest absolute Gasteiger partial charge is 0.389 e. The molecule has 0 atom stereocenters. The van der Waals surface area contributed by atoms with Crippen LogP contribution >= 0.6 is 15.9 Å². The Morgan fingerprint density at radius 1 is 1.44 bits per heavy atom. The van der Waals surface area contributed by atoms with Gasteiger partial charge >= 0.3 is 0 Å². The summed E-state index contributed by atoms with van der Waals surface area (Å²) in [5, 5.41) is 18.1. The highest BCUT2D eigenvalue weighted by atomic mass is 79.9. The molecule has 2 rings (SSSR count). The summed E-state index contributed by atoms with van der Waals surface area (Å²) in [5.41, 5.74) is 1.75. The van der Waals surface area contributed by atoms with Crippen molar-refractivity contribution in [2.24, 2.45) is 7.05 Å². The number of nitrogens with zero attached hydrogens (tertiary/aromatic N) is 2. The lowest BCUT2D eigenvalue weighted by atomic mass is 10.0. The van der Waals surface area contributed by atoms with E-state index in [2.05, 4.69) is 33.3 Å². The Morgan fingerprint density at radius 3 is 2.67 bits per heavy atom. The van der Waals surface area contributed by atoms with Crippen molar-refractivity contribution >= 4 is 15.9 Å². The van der Waals surface area contributed by atoms with Gasteiger partial charge in [-0.05, 0) is 35.2 Å². The van der Waals surface area contributed by atoms with Crippen LogP contribution in [0.25, 0.3) is 0 Å². The molecule has 18 heavy (non-hydrogen) atoms. The molecule has 0 radical (unpaired) electrons. The van der Waals surface area contributed by atoms with Crippen molar-refractivity contribution in [2.45, 2.75) is 51.2 Å². The number of aryl methyl sites for hydroxylation is 2. The summed E-state index contributed by atoms with van der Waals surface area (Å²) < 4.78 is 3.01. The van der Waals surface area contributed by atoms with E-state index in [1.165, 1.54) is 0 Å². The summed E-state index contributed by atoms with van der Waals surface area (Å²) in [6.07, 6.45) is 5.07. The van der Waals surface area contributed by atoms with Gasteiger partial charge in [-0.2, -0.15) is 5.10 Å². The van der Waals surface area contributed by atoms with Gasteiger partial charge in [-0.25, -0.2) is 0 Å². The van der Waals surface area contributed by atoms with Crippen LogP contribution in [-0.4, -0.2) is 27.0 Å². The summed E-state index contributed by atoms with van der Waals surface area (Å²) in [6.45, 7) is 3.52. The predicted octanol–water partition coefficient (Wildman–Crippen LogP) is 2.14. The average Bonchev–Trinajstić information content (AvgIpc) is 2.87. The first-order valence-electron chi connectivity index (χ1n) is 6.69. The maximum atomic E-state index is 10.3. The summed E-state index contributed by atoms with van der Waals surface area (Å²) in [5.74, 6) is 0. The first-order valence-corrected chi connectivity index (χ1v) is 7.48. The minimum Gasteiger partial charge on any atom is -0.389 e. The van der Waals surface area contributed by atoms with E-state index in [1.807, 2.05) is 11.7 Å². The smallest absolute Gasteiger partial charge is 0.0771 e. The van der Waals surface area contributed by atoms with Crippen LogP contribution in [0.1, 0.15) is 44.0 Å². The van der Waals surface area contributed by atoms with E-state index in [0.717, 1.165) is 54.5 Å². The number of aliphatic hydroxyl groups is 1. The van der Waals surface area contributed by atoms with Crippen molar-refractivity contribution in [3.05, 3.63) is 15.9 Å². The normalized spacial score (nSPS) is 18.4. The Bertz CT molecular complexity index is 411. The molecule has 0 aromatic carbocycles. The van der Waals surface area contributed by atoms with Gasteiger partial charge in [-0.1, -0.05) is 19.8 Å². The zero-order valence-corrected chi connectivity index (χ0v) is 12.8. The molecule has 0 bridgehead atoms. The third-order valence-electron chi connectivity index (χ3n) is 3.78. The van der Waals surface area contributed by atoms with Crippen LogP contribution < -0.4 is 5.32 Å². The summed E-state index contributed by atoms with van der Waals surface area (Å²) in [4.78, 5) is 0. The van der Waals surface area contributed by atoms with E-state index in [1.54, 1.807) is 0 Å². The number of halogens is 1. The molecule has 1 aliphatic rings. The molecule has 0 unspecified atom stereocenters. The molecule has 1 heterocycles. The second-order valence-electron chi connectivity index (χ2n) is 5.22. The molecule has 102 valence electrons. The minimum absolute atomic E-state index is 0.487. The van der Waals surface area contributed by atoms with Gasteiger partial charge < -0.3 is 10.4 Å². The minimum atomic E-state index is -0.487. The number of aromatic nitrogens is 2. The molecule has 1 aromatic heterocycles. The lowest BCUT2D eigenvalue weighted by Crippen LogP contribution is -2.37. The topological polar surface area (TPSA) is 50.1 Å². The molecule has 1 fully saturated rings. The van der Waals surface area contributed by atoms with Crippen molar-refractivity contribution in [2.75, 3.05) is 6.54 Å². The summed E-state index contributed by atoms with van der Waals surface area (Å²) in [7, 11) is 1.96. The molecule has 4 nitrogen and oxygen atoms in total. The lowest BCUT2D eigenvalue weighted by Gasteiger charge is -2.22. The SMILES string of the molecule is CCc1nn(C)c(CNCC2(O)CCCC2)c1Br. The third kappa shape index (κ3) is 2.95. The lowest BCUT2D eigenvalue weighted by molar-refractivity contribution is 0.0473. The van der Waals surface area contributed by atoms with Crippen LogP contribution in [0, 0.1) is 0 Å². The quantitative estimate of drug-likeness (QED) is 0.875. The van der Waals surface area contributed by atoms with Crippen molar-refractivity contribution in [1.82, 2.24) is 15.1 Å². The monoisotopic (exact) mass is 315 g/mol. The van der Waals surface area contributed by atoms with Gasteiger partial charge in [0.1, 0.15) is 0 Å². The predicted molar refractivity (Wildman–Crippen MR) is 75.4 cm³/mol. The number of nitrogens with one attached hydrogen (secondary N) is 1. The van der Waals surface area contributed by atoms with Gasteiger partial charge in [-0.3, -0.25) is 4.68 Å². The van der Waals surface area contributed by atoms with Crippen molar-refractivity contribution in [3.8, 4) is 0 Å². The zero-order chi connectivity index (χ0) is 13.2. The van der Waals surface area contributed by atoms with Crippen LogP contribution in [-0.2, 0) is 20.0 Å². The molecule has 0 saturated heterocycles. The van der Waals surface area contributed by atoms with Crippen molar-refractivity contribution in [3.63, 3.8) is 0 Å². The molecule has 5 heteroatoms. The molecule has 0 spiro atoms. The van der Waals surface area contributed by atoms with Gasteiger partial charge in [0.05, 0.1) is 21.5 Å². The average molecular weight is 316 g/mol. The van der Waals surface area contributed by atoms with Gasteiger partial charge in [-0.15, -0.1) is 0 Å². The van der Waals surface area contributed by atoms with Gasteiger partial charge in [0.2, 0.25) is 0 Å². The zero-order valence-electron chi connectivity index (χ0n) is 11.2. The highest BCUT2D eigenvalue weighted by Gasteiger charge is 2.30. The number of rotatable bonds is 5. The summed E-state index contributed by atoms with van der Waals surface area (Å²) in [6, 6.07) is 0. The molecule has 1 saturated carbocycles. The van der Waals surface area contributed by atoms with Gasteiger partial charge in [0.25, 0.3) is 0 Å². The van der Waals surface area contributed by atoms with E-state index >= 15 is 0 Å². The molecule has 2 N–H and O–H groups in total. The first-order chi connectivity index (χ1) is 8.56. The third-order valence-corrected chi connectivity index (χ3v) is 4.70. The van der Waals surface area contributed by atoms with Crippen LogP contribution in [0.15, 0.2) is 4.47 Å². The Kier molecular flexibility index (Phi) is 4.45. The fourth-order valence-corrected chi connectivity index (χ4v) is 3.39. The Balaban J connectivity index is 1.92. The number of hydrogen-bond acceptors (Lipinski definition) is 3. The second kappa shape index (κ2) is 5.72. The van der Waals surface area contributed by atoms with Crippen LogP contribution in [0.3, 0.4) is 0 Å². The fourth-order valence-electron chi connectivity index (χ4n) is 2.64. The highest BCUT2D eigenvalue weighted by molar-refractivity contribution is 9.10. The molecule has 0 amide bonds. The van der Waals surface area contributed by atoms with E-state index in [9.17, 15) is 5.11 Å². The molecule has 0 aliphatic heterocycles. The highest BCUT2D eigenvalue weighted by Crippen LogP contribution is 2.29. The fraction of sp³-hybridized carbons (Fsp3) is 0.769. The standard InChI is InChI=1S/C13H22BrN3O/c1-3-10-12(14)11(17(2)16-10)8-15-9-13(18)6-4-5-7-13/h15,18H,3-9H2,1-2H3. The van der Waals surface area contributed by atoms with Crippen LogP contribution in [0.4, 0.5) is 0 Å². The van der Waals surface area contributed by atoms with Crippen molar-refractivity contribution in [1.29, 1.82) is 0 Å². The van der Waals surface area contributed by atoms with Crippen LogP contribution in [0.5, 0.6) is 0 Å². The van der Waals surface area contributed by atoms with Crippen molar-refractivity contribution < 1.29 is 5.11 Å². The number of hydrogen-bond donors (Lipinski definition) is 2. The Hall–Kier alpha value is -0.390.